The minimum absolute atomic E-state index is 0.0619. The first kappa shape index (κ1) is 20.5. The summed E-state index contributed by atoms with van der Waals surface area (Å²) in [5, 5.41) is 3.90. The Hall–Kier alpha value is -2.77. The van der Waals surface area contributed by atoms with Gasteiger partial charge in [0.1, 0.15) is 5.01 Å². The van der Waals surface area contributed by atoms with Crippen LogP contribution in [0.25, 0.3) is 10.2 Å². The number of hydrogen-bond donors (Lipinski definition) is 1. The van der Waals surface area contributed by atoms with Gasteiger partial charge in [0.2, 0.25) is 5.91 Å². The van der Waals surface area contributed by atoms with Crippen LogP contribution in [0.4, 0.5) is 0 Å². The van der Waals surface area contributed by atoms with Crippen LogP contribution >= 0.6 is 11.3 Å². The zero-order valence-electron chi connectivity index (χ0n) is 17.3. The quantitative estimate of drug-likeness (QED) is 0.684. The zero-order chi connectivity index (χ0) is 21.1. The Morgan fingerprint density at radius 1 is 1.07 bits per heavy atom. The van der Waals surface area contributed by atoms with E-state index in [0.29, 0.717) is 25.2 Å². The summed E-state index contributed by atoms with van der Waals surface area (Å²) in [5.41, 5.74) is 2.73. The monoisotopic (exact) mass is 422 g/mol. The lowest BCUT2D eigenvalue weighted by Gasteiger charge is -2.37. The smallest absolute Gasteiger partial charge is 0.253 e. The van der Waals surface area contributed by atoms with E-state index < -0.39 is 0 Å². The summed E-state index contributed by atoms with van der Waals surface area (Å²) in [6.07, 6.45) is 0. The number of rotatable bonds is 5. The number of aromatic nitrogens is 1. The molecule has 7 heteroatoms. The molecule has 0 bridgehead atoms. The van der Waals surface area contributed by atoms with Crippen LogP contribution < -0.4 is 5.32 Å². The van der Waals surface area contributed by atoms with Crippen LogP contribution in [0, 0.1) is 0 Å². The van der Waals surface area contributed by atoms with E-state index in [1.165, 1.54) is 11.6 Å². The molecule has 0 radical (unpaired) electrons. The molecule has 0 unspecified atom stereocenters. The number of carbonyl (C=O) groups excluding carboxylic acids is 2. The van der Waals surface area contributed by atoms with Gasteiger partial charge in [0, 0.05) is 45.2 Å². The predicted octanol–water partition coefficient (Wildman–Crippen LogP) is 3.45. The second-order valence-corrected chi connectivity index (χ2v) is 8.69. The fourth-order valence-electron chi connectivity index (χ4n) is 3.71. The lowest BCUT2D eigenvalue weighted by Crippen LogP contribution is -2.49. The van der Waals surface area contributed by atoms with Crippen molar-refractivity contribution in [3.05, 3.63) is 64.7 Å². The first-order valence-electron chi connectivity index (χ1n) is 10.2. The van der Waals surface area contributed by atoms with Crippen molar-refractivity contribution < 1.29 is 9.59 Å². The fourth-order valence-corrected chi connectivity index (χ4v) is 4.77. The van der Waals surface area contributed by atoms with E-state index >= 15 is 0 Å². The molecular weight excluding hydrogens is 396 g/mol. The van der Waals surface area contributed by atoms with Crippen molar-refractivity contribution in [1.82, 2.24) is 20.1 Å². The van der Waals surface area contributed by atoms with E-state index in [2.05, 4.69) is 29.3 Å². The van der Waals surface area contributed by atoms with Crippen LogP contribution in [0.3, 0.4) is 0 Å². The summed E-state index contributed by atoms with van der Waals surface area (Å²) in [4.78, 5) is 33.0. The molecule has 2 heterocycles. The van der Waals surface area contributed by atoms with Crippen LogP contribution in [-0.4, -0.2) is 52.8 Å². The molecule has 0 spiro atoms. The highest BCUT2D eigenvalue weighted by molar-refractivity contribution is 7.18. The van der Waals surface area contributed by atoms with Gasteiger partial charge in [-0.2, -0.15) is 0 Å². The Morgan fingerprint density at radius 3 is 2.43 bits per heavy atom. The molecule has 1 aromatic heterocycles. The Morgan fingerprint density at radius 2 is 1.77 bits per heavy atom. The number of fused-ring (bicyclic) bond motifs is 1. The van der Waals surface area contributed by atoms with Crippen molar-refractivity contribution >= 4 is 33.4 Å². The highest BCUT2D eigenvalue weighted by Crippen LogP contribution is 2.30. The van der Waals surface area contributed by atoms with Crippen molar-refractivity contribution in [2.75, 3.05) is 26.2 Å². The lowest BCUT2D eigenvalue weighted by atomic mass is 10.1. The number of para-hydroxylation sites is 1. The van der Waals surface area contributed by atoms with E-state index in [4.69, 9.17) is 4.98 Å². The third kappa shape index (κ3) is 4.52. The predicted molar refractivity (Wildman–Crippen MR) is 119 cm³/mol. The minimum atomic E-state index is -0.0619. The number of nitrogens with zero attached hydrogens (tertiary/aromatic N) is 3. The molecule has 3 aromatic rings. The van der Waals surface area contributed by atoms with E-state index in [9.17, 15) is 9.59 Å². The van der Waals surface area contributed by atoms with Crippen molar-refractivity contribution in [2.24, 2.45) is 0 Å². The molecule has 6 nitrogen and oxygen atoms in total. The maximum Gasteiger partial charge on any atom is 0.253 e. The van der Waals surface area contributed by atoms with Gasteiger partial charge in [0.15, 0.2) is 0 Å². The summed E-state index contributed by atoms with van der Waals surface area (Å²) < 4.78 is 1.22. The molecule has 1 N–H and O–H groups in total. The fraction of sp³-hybridized carbons (Fsp3) is 0.348. The van der Waals surface area contributed by atoms with Crippen LogP contribution in [0.5, 0.6) is 0 Å². The number of amides is 2. The topological polar surface area (TPSA) is 65.5 Å². The average Bonchev–Trinajstić information content (AvgIpc) is 3.21. The standard InChI is InChI=1S/C23H26N4O2S/c1-16(22-25-20-5-3-4-6-21(20)30-22)26-11-13-27(14-12-26)23(29)19-9-7-18(8-10-19)15-24-17(2)28/h3-10,16H,11-15H2,1-2H3,(H,24,28)/t16-/m1/s1. The van der Waals surface area contributed by atoms with Gasteiger partial charge in [-0.3, -0.25) is 14.5 Å². The van der Waals surface area contributed by atoms with Gasteiger partial charge < -0.3 is 10.2 Å². The van der Waals surface area contributed by atoms with Gasteiger partial charge in [-0.1, -0.05) is 24.3 Å². The molecule has 2 aromatic carbocycles. The molecule has 0 aliphatic carbocycles. The normalized spacial score (nSPS) is 15.9. The number of benzene rings is 2. The van der Waals surface area contributed by atoms with Crippen LogP contribution in [0.15, 0.2) is 48.5 Å². The van der Waals surface area contributed by atoms with Crippen molar-refractivity contribution in [1.29, 1.82) is 0 Å². The van der Waals surface area contributed by atoms with E-state index in [1.807, 2.05) is 41.3 Å². The summed E-state index contributed by atoms with van der Waals surface area (Å²) in [5.74, 6) is 0.00136. The summed E-state index contributed by atoms with van der Waals surface area (Å²) in [7, 11) is 0. The van der Waals surface area contributed by atoms with Crippen LogP contribution in [0.1, 0.15) is 40.8 Å². The summed E-state index contributed by atoms with van der Waals surface area (Å²) in [6, 6.07) is 16.0. The Bertz CT molecular complexity index is 1010. The van der Waals surface area contributed by atoms with Crippen molar-refractivity contribution in [2.45, 2.75) is 26.4 Å². The molecule has 30 heavy (non-hydrogen) atoms. The number of carbonyl (C=O) groups is 2. The second kappa shape index (κ2) is 8.93. The summed E-state index contributed by atoms with van der Waals surface area (Å²) >= 11 is 1.75. The molecule has 1 atom stereocenters. The summed E-state index contributed by atoms with van der Waals surface area (Å²) in [6.45, 7) is 7.26. The van der Waals surface area contributed by atoms with E-state index in [-0.39, 0.29) is 17.9 Å². The Labute approximate surface area is 180 Å². The third-order valence-corrected chi connectivity index (χ3v) is 6.77. The molecule has 1 aliphatic rings. The first-order chi connectivity index (χ1) is 14.5. The third-order valence-electron chi connectivity index (χ3n) is 5.56. The molecule has 0 saturated carbocycles. The van der Waals surface area contributed by atoms with Crippen molar-refractivity contribution in [3.63, 3.8) is 0 Å². The van der Waals surface area contributed by atoms with Gasteiger partial charge in [-0.15, -0.1) is 11.3 Å². The zero-order valence-corrected chi connectivity index (χ0v) is 18.1. The highest BCUT2D eigenvalue weighted by Gasteiger charge is 2.26. The number of thiazole rings is 1. The second-order valence-electron chi connectivity index (χ2n) is 7.63. The minimum Gasteiger partial charge on any atom is -0.352 e. The number of hydrogen-bond acceptors (Lipinski definition) is 5. The molecule has 1 saturated heterocycles. The molecule has 4 rings (SSSR count). The first-order valence-corrected chi connectivity index (χ1v) is 11.0. The van der Waals surface area contributed by atoms with Crippen LogP contribution in [-0.2, 0) is 11.3 Å². The van der Waals surface area contributed by atoms with E-state index in [1.54, 1.807) is 11.3 Å². The lowest BCUT2D eigenvalue weighted by molar-refractivity contribution is -0.119. The molecule has 2 amide bonds. The van der Waals surface area contributed by atoms with E-state index in [0.717, 1.165) is 29.2 Å². The molecular formula is C23H26N4O2S. The van der Waals surface area contributed by atoms with Crippen LogP contribution in [0.2, 0.25) is 0 Å². The van der Waals surface area contributed by atoms with Gasteiger partial charge in [-0.05, 0) is 36.8 Å². The van der Waals surface area contributed by atoms with Gasteiger partial charge in [0.05, 0.1) is 16.3 Å². The Kier molecular flexibility index (Phi) is 6.11. The number of nitrogens with one attached hydrogen (secondary N) is 1. The number of piperazine rings is 1. The molecule has 156 valence electrons. The largest absolute Gasteiger partial charge is 0.352 e. The maximum absolute atomic E-state index is 12.9. The van der Waals surface area contributed by atoms with Gasteiger partial charge in [-0.25, -0.2) is 4.98 Å². The maximum atomic E-state index is 12.9. The highest BCUT2D eigenvalue weighted by atomic mass is 32.1. The van der Waals surface area contributed by atoms with Gasteiger partial charge >= 0.3 is 0 Å². The Balaban J connectivity index is 1.34. The molecule has 1 fully saturated rings. The molecule has 1 aliphatic heterocycles. The average molecular weight is 423 g/mol. The van der Waals surface area contributed by atoms with Crippen molar-refractivity contribution in [3.8, 4) is 0 Å². The van der Waals surface area contributed by atoms with Gasteiger partial charge in [0.25, 0.3) is 5.91 Å². The SMILES string of the molecule is CC(=O)NCc1ccc(C(=O)N2CCN([C@H](C)c3nc4ccccc4s3)CC2)cc1.